The van der Waals surface area contributed by atoms with Crippen LogP contribution in [-0.4, -0.2) is 26.2 Å². The molecular weight excluding hydrogens is 412 g/mol. The predicted octanol–water partition coefficient (Wildman–Crippen LogP) is 2.33. The van der Waals surface area contributed by atoms with Crippen LogP contribution in [0.4, 0.5) is 5.69 Å². The van der Waals surface area contributed by atoms with Crippen molar-refractivity contribution in [3.05, 3.63) is 67.1 Å². The normalized spacial score (nSPS) is 11.0. The van der Waals surface area contributed by atoms with Gasteiger partial charge in [-0.1, -0.05) is 26.0 Å². The molecule has 1 aromatic carbocycles. The van der Waals surface area contributed by atoms with Crippen molar-refractivity contribution in [3.8, 4) is 5.75 Å². The number of nitrogens with zero attached hydrogens (tertiary/aromatic N) is 3. The zero-order chi connectivity index (χ0) is 23.4. The first-order valence-corrected chi connectivity index (χ1v) is 10.8. The summed E-state index contributed by atoms with van der Waals surface area (Å²) in [4.78, 5) is 52.3. The van der Waals surface area contributed by atoms with Crippen molar-refractivity contribution in [3.63, 3.8) is 0 Å². The van der Waals surface area contributed by atoms with E-state index in [4.69, 9.17) is 4.74 Å². The van der Waals surface area contributed by atoms with Crippen LogP contribution in [0.3, 0.4) is 0 Å². The molecule has 3 aromatic rings. The van der Waals surface area contributed by atoms with E-state index in [-0.39, 0.29) is 23.1 Å². The van der Waals surface area contributed by atoms with Crippen molar-refractivity contribution >= 4 is 22.6 Å². The minimum absolute atomic E-state index is 0.0417. The number of aryl methyl sites for hydroxylation is 2. The van der Waals surface area contributed by atoms with Gasteiger partial charge in [0.1, 0.15) is 11.4 Å². The Morgan fingerprint density at radius 2 is 1.66 bits per heavy atom. The van der Waals surface area contributed by atoms with Gasteiger partial charge in [0.15, 0.2) is 0 Å². The van der Waals surface area contributed by atoms with Gasteiger partial charge in [0, 0.05) is 26.2 Å². The molecule has 2 heterocycles. The molecule has 0 saturated carbocycles. The summed E-state index contributed by atoms with van der Waals surface area (Å²) in [5, 5.41) is 2.79. The molecule has 9 nitrogen and oxygen atoms in total. The topological polar surface area (TPSA) is 104 Å². The number of benzene rings is 1. The third-order valence-electron chi connectivity index (χ3n) is 5.15. The lowest BCUT2D eigenvalue weighted by Gasteiger charge is -2.17. The zero-order valence-corrected chi connectivity index (χ0v) is 18.8. The number of ether oxygens (including phenoxy) is 1. The van der Waals surface area contributed by atoms with Crippen molar-refractivity contribution in [2.45, 2.75) is 46.7 Å². The van der Waals surface area contributed by atoms with Gasteiger partial charge in [-0.25, -0.2) is 4.79 Å². The molecular formula is C23H28N4O5. The molecule has 1 amide bonds. The molecule has 170 valence electrons. The third-order valence-corrected chi connectivity index (χ3v) is 5.15. The number of nitrogens with one attached hydrogen (secondary N) is 1. The van der Waals surface area contributed by atoms with Gasteiger partial charge < -0.3 is 10.1 Å². The smallest absolute Gasteiger partial charge is 0.332 e. The zero-order valence-electron chi connectivity index (χ0n) is 18.8. The van der Waals surface area contributed by atoms with Crippen molar-refractivity contribution in [1.29, 1.82) is 0 Å². The highest BCUT2D eigenvalue weighted by atomic mass is 16.5. The van der Waals surface area contributed by atoms with Crippen LogP contribution in [0.2, 0.25) is 0 Å². The van der Waals surface area contributed by atoms with Crippen LogP contribution >= 0.6 is 0 Å². The minimum Gasteiger partial charge on any atom is -0.492 e. The number of aromatic nitrogens is 3. The average Bonchev–Trinajstić information content (AvgIpc) is 2.77. The van der Waals surface area contributed by atoms with Crippen molar-refractivity contribution in [1.82, 2.24) is 13.7 Å². The summed E-state index contributed by atoms with van der Waals surface area (Å²) in [5.74, 6) is -0.149. The van der Waals surface area contributed by atoms with E-state index in [1.165, 1.54) is 22.2 Å². The number of carbonyl (C=O) groups excluding carboxylic acids is 1. The van der Waals surface area contributed by atoms with Gasteiger partial charge in [0.05, 0.1) is 23.2 Å². The first kappa shape index (κ1) is 23.1. The predicted molar refractivity (Wildman–Crippen MR) is 124 cm³/mol. The molecule has 0 fully saturated rings. The Bertz CT molecular complexity index is 1330. The second-order valence-corrected chi connectivity index (χ2v) is 7.43. The Balaban J connectivity index is 2.31. The molecule has 0 saturated heterocycles. The maximum atomic E-state index is 13.3. The average molecular weight is 441 g/mol. The lowest BCUT2D eigenvalue weighted by atomic mass is 10.1. The van der Waals surface area contributed by atoms with Crippen LogP contribution in [0.25, 0.3) is 11.0 Å². The third kappa shape index (κ3) is 4.10. The Kier molecular flexibility index (Phi) is 6.97. The molecule has 3 rings (SSSR count). The van der Waals surface area contributed by atoms with E-state index in [1.807, 2.05) is 20.8 Å². The van der Waals surface area contributed by atoms with Crippen LogP contribution in [0, 0.1) is 0 Å². The van der Waals surface area contributed by atoms with Crippen molar-refractivity contribution < 1.29 is 9.53 Å². The van der Waals surface area contributed by atoms with Gasteiger partial charge >= 0.3 is 5.69 Å². The van der Waals surface area contributed by atoms with E-state index in [0.717, 1.165) is 4.57 Å². The van der Waals surface area contributed by atoms with Crippen molar-refractivity contribution in [2.24, 2.45) is 7.05 Å². The van der Waals surface area contributed by atoms with Gasteiger partial charge in [-0.3, -0.25) is 28.1 Å². The lowest BCUT2D eigenvalue weighted by Crippen LogP contribution is -2.42. The summed E-state index contributed by atoms with van der Waals surface area (Å²) in [7, 11) is 1.51. The minimum atomic E-state index is -0.623. The lowest BCUT2D eigenvalue weighted by molar-refractivity contribution is 0.102. The molecule has 2 aromatic heterocycles. The van der Waals surface area contributed by atoms with Crippen molar-refractivity contribution in [2.75, 3.05) is 11.9 Å². The first-order chi connectivity index (χ1) is 15.3. The molecule has 0 bridgehead atoms. The van der Waals surface area contributed by atoms with Gasteiger partial charge in [0.25, 0.3) is 17.0 Å². The summed E-state index contributed by atoms with van der Waals surface area (Å²) in [6.45, 7) is 6.51. The van der Waals surface area contributed by atoms with E-state index in [2.05, 4.69) is 5.32 Å². The maximum absolute atomic E-state index is 13.3. The number of rotatable bonds is 8. The van der Waals surface area contributed by atoms with Crippen LogP contribution in [0.15, 0.2) is 44.7 Å². The van der Waals surface area contributed by atoms with Gasteiger partial charge in [-0.15, -0.1) is 0 Å². The second kappa shape index (κ2) is 9.67. The standard InChI is InChI=1S/C23H28N4O5/c1-5-12-26-18(28)14-15(20(29)24-16-10-8-9-11-17(16)32-7-3)19-21(26)25(4)23(31)27(13-6-2)22(19)30/h8-11,14H,5-7,12-13H2,1-4H3,(H,24,29). The molecule has 0 atom stereocenters. The fourth-order valence-electron chi connectivity index (χ4n) is 3.77. The monoisotopic (exact) mass is 440 g/mol. The van der Waals surface area contributed by atoms with E-state index >= 15 is 0 Å². The van der Waals surface area contributed by atoms with Crippen LogP contribution in [0.5, 0.6) is 5.75 Å². The Morgan fingerprint density at radius 3 is 2.31 bits per heavy atom. The van der Waals surface area contributed by atoms with E-state index in [1.54, 1.807) is 24.3 Å². The number of para-hydroxylation sites is 2. The van der Waals surface area contributed by atoms with Gasteiger partial charge in [0.2, 0.25) is 0 Å². The van der Waals surface area contributed by atoms with E-state index in [0.29, 0.717) is 37.4 Å². The fourth-order valence-corrected chi connectivity index (χ4v) is 3.77. The first-order valence-electron chi connectivity index (χ1n) is 10.8. The number of amides is 1. The molecule has 0 aliphatic heterocycles. The summed E-state index contributed by atoms with van der Waals surface area (Å²) in [6, 6.07) is 8.08. The number of pyridine rings is 1. The van der Waals surface area contributed by atoms with E-state index in [9.17, 15) is 19.2 Å². The highest BCUT2D eigenvalue weighted by Gasteiger charge is 2.23. The second-order valence-electron chi connectivity index (χ2n) is 7.43. The summed E-state index contributed by atoms with van der Waals surface area (Å²) < 4.78 is 9.31. The molecule has 0 aliphatic carbocycles. The molecule has 0 unspecified atom stereocenters. The Labute approximate surface area is 184 Å². The van der Waals surface area contributed by atoms with Gasteiger partial charge in [-0.2, -0.15) is 0 Å². The number of fused-ring (bicyclic) bond motifs is 1. The van der Waals surface area contributed by atoms with Crippen LogP contribution in [0.1, 0.15) is 44.0 Å². The molecule has 1 N–H and O–H groups in total. The SMILES string of the molecule is CCCn1c(=O)c2c(C(=O)Nc3ccccc3OCC)cc(=O)n(CCC)c2n(C)c1=O. The highest BCUT2D eigenvalue weighted by molar-refractivity contribution is 6.12. The molecule has 0 spiro atoms. The number of hydrogen-bond acceptors (Lipinski definition) is 5. The summed E-state index contributed by atoms with van der Waals surface area (Å²) >= 11 is 0. The number of carbonyl (C=O) groups is 1. The highest BCUT2D eigenvalue weighted by Crippen LogP contribution is 2.25. The van der Waals surface area contributed by atoms with E-state index < -0.39 is 22.7 Å². The quantitative estimate of drug-likeness (QED) is 0.579. The molecule has 32 heavy (non-hydrogen) atoms. The summed E-state index contributed by atoms with van der Waals surface area (Å²) in [6.07, 6.45) is 1.19. The fraction of sp³-hybridized carbons (Fsp3) is 0.391. The molecule has 0 aliphatic rings. The van der Waals surface area contributed by atoms with Crippen LogP contribution < -0.4 is 26.9 Å². The Morgan fingerprint density at radius 1 is 1.00 bits per heavy atom. The van der Waals surface area contributed by atoms with Gasteiger partial charge in [-0.05, 0) is 31.9 Å². The Hall–Kier alpha value is -3.62. The largest absolute Gasteiger partial charge is 0.492 e. The molecule has 9 heteroatoms. The number of anilines is 1. The number of hydrogen-bond donors (Lipinski definition) is 1. The summed E-state index contributed by atoms with van der Waals surface area (Å²) in [5.41, 5.74) is -1.07. The van der Waals surface area contributed by atoms with Crippen LogP contribution in [-0.2, 0) is 20.1 Å². The molecule has 0 radical (unpaired) electrons. The maximum Gasteiger partial charge on any atom is 0.332 e.